The maximum Gasteiger partial charge on any atom is 0.191 e. The van der Waals surface area contributed by atoms with Gasteiger partial charge in [0.2, 0.25) is 0 Å². The number of ether oxygens (including phenoxy) is 1. The zero-order valence-electron chi connectivity index (χ0n) is 16.4. The minimum atomic E-state index is -0.396. The maximum atomic E-state index is 13.9. The maximum absolute atomic E-state index is 13.9. The number of halogens is 2. The Labute approximate surface area is 187 Å². The van der Waals surface area contributed by atoms with Gasteiger partial charge in [-0.25, -0.2) is 9.38 Å². The molecule has 1 heterocycles. The lowest BCUT2D eigenvalue weighted by Crippen LogP contribution is -2.37. The molecule has 0 radical (unpaired) electrons. The molecule has 0 atom stereocenters. The molecule has 0 unspecified atom stereocenters. The highest BCUT2D eigenvalue weighted by Crippen LogP contribution is 2.27. The minimum Gasteiger partial charge on any atom is -0.454 e. The molecule has 0 spiro atoms. The van der Waals surface area contributed by atoms with E-state index in [1.54, 1.807) is 24.4 Å². The molecule has 2 aromatic carbocycles. The molecule has 2 N–H and O–H groups in total. The predicted molar refractivity (Wildman–Crippen MR) is 123 cm³/mol. The van der Waals surface area contributed by atoms with Crippen molar-refractivity contribution in [1.82, 2.24) is 20.4 Å². The van der Waals surface area contributed by atoms with Crippen LogP contribution < -0.4 is 15.4 Å². The summed E-state index contributed by atoms with van der Waals surface area (Å²) in [6.45, 7) is 3.75. The highest BCUT2D eigenvalue weighted by atomic mass is 127. The Morgan fingerprint density at radius 1 is 1.07 bits per heavy atom. The Kier molecular flexibility index (Phi) is 8.91. The first-order chi connectivity index (χ1) is 13.7. The van der Waals surface area contributed by atoms with Crippen molar-refractivity contribution in [3.63, 3.8) is 0 Å². The first-order valence-electron chi connectivity index (χ1n) is 9.16. The Morgan fingerprint density at radius 3 is 2.48 bits per heavy atom. The van der Waals surface area contributed by atoms with Crippen molar-refractivity contribution in [1.29, 1.82) is 0 Å². The van der Waals surface area contributed by atoms with Crippen LogP contribution in [0.1, 0.15) is 18.2 Å². The number of hydrogen-bond acceptors (Lipinski definition) is 3. The van der Waals surface area contributed by atoms with E-state index in [0.717, 1.165) is 17.8 Å². The Morgan fingerprint density at radius 2 is 1.79 bits per heavy atom. The molecule has 0 fully saturated rings. The third-order valence-corrected chi connectivity index (χ3v) is 4.14. The molecule has 3 aromatic rings. The summed E-state index contributed by atoms with van der Waals surface area (Å²) in [4.78, 5) is 4.63. The van der Waals surface area contributed by atoms with E-state index in [1.165, 1.54) is 6.07 Å². The summed E-state index contributed by atoms with van der Waals surface area (Å²) in [7, 11) is 1.90. The Hall–Kier alpha value is -2.62. The molecule has 0 aliphatic carbocycles. The van der Waals surface area contributed by atoms with E-state index < -0.39 is 5.82 Å². The first-order valence-corrected chi connectivity index (χ1v) is 9.16. The van der Waals surface area contributed by atoms with Gasteiger partial charge in [0, 0.05) is 25.4 Å². The van der Waals surface area contributed by atoms with Crippen LogP contribution in [-0.2, 0) is 20.1 Å². The number of hydrogen-bond donors (Lipinski definition) is 2. The van der Waals surface area contributed by atoms with Gasteiger partial charge in [0.05, 0.1) is 18.8 Å². The molecule has 1 aromatic heterocycles. The number of rotatable bonds is 7. The summed E-state index contributed by atoms with van der Waals surface area (Å²) in [5.74, 6) is 1.07. The molecule has 29 heavy (non-hydrogen) atoms. The van der Waals surface area contributed by atoms with E-state index in [-0.39, 0.29) is 29.7 Å². The number of nitrogens with one attached hydrogen (secondary N) is 2. The van der Waals surface area contributed by atoms with Gasteiger partial charge >= 0.3 is 0 Å². The molecule has 0 saturated carbocycles. The van der Waals surface area contributed by atoms with E-state index in [9.17, 15) is 4.39 Å². The van der Waals surface area contributed by atoms with Crippen LogP contribution in [0.3, 0.4) is 0 Å². The van der Waals surface area contributed by atoms with E-state index in [0.29, 0.717) is 24.8 Å². The van der Waals surface area contributed by atoms with Crippen molar-refractivity contribution in [3.8, 4) is 11.5 Å². The number of aromatic nitrogens is 2. The van der Waals surface area contributed by atoms with Crippen LogP contribution in [0.2, 0.25) is 0 Å². The van der Waals surface area contributed by atoms with Gasteiger partial charge in [-0.15, -0.1) is 24.0 Å². The molecule has 6 nitrogen and oxygen atoms in total. The summed E-state index contributed by atoms with van der Waals surface area (Å²) in [6, 6.07) is 15.8. The smallest absolute Gasteiger partial charge is 0.191 e. The molecule has 0 bridgehead atoms. The lowest BCUT2D eigenvalue weighted by molar-refractivity contribution is 0.438. The van der Waals surface area contributed by atoms with Gasteiger partial charge in [-0.05, 0) is 31.2 Å². The van der Waals surface area contributed by atoms with Crippen molar-refractivity contribution in [2.24, 2.45) is 12.0 Å². The fourth-order valence-electron chi connectivity index (χ4n) is 2.63. The van der Waals surface area contributed by atoms with E-state index in [2.05, 4.69) is 20.7 Å². The highest BCUT2D eigenvalue weighted by Gasteiger charge is 2.08. The summed E-state index contributed by atoms with van der Waals surface area (Å²) < 4.78 is 21.5. The first kappa shape index (κ1) is 22.7. The number of benzene rings is 2. The SMILES string of the molecule is CCNC(=NCc1ccccc1Oc1ccccc1F)NCc1ccnn1C.I. The van der Waals surface area contributed by atoms with Crippen LogP contribution in [0.5, 0.6) is 11.5 Å². The summed E-state index contributed by atoms with van der Waals surface area (Å²) in [6.07, 6.45) is 1.76. The van der Waals surface area contributed by atoms with Gasteiger partial charge in [0.1, 0.15) is 5.75 Å². The molecule has 3 rings (SSSR count). The average molecular weight is 509 g/mol. The monoisotopic (exact) mass is 509 g/mol. The largest absolute Gasteiger partial charge is 0.454 e. The number of aryl methyl sites for hydroxylation is 1. The quantitative estimate of drug-likeness (QED) is 0.285. The summed E-state index contributed by atoms with van der Waals surface area (Å²) in [5, 5.41) is 10.7. The topological polar surface area (TPSA) is 63.5 Å². The van der Waals surface area contributed by atoms with E-state index in [4.69, 9.17) is 4.74 Å². The number of guanidine groups is 1. The predicted octanol–water partition coefficient (Wildman–Crippen LogP) is 4.22. The summed E-state index contributed by atoms with van der Waals surface area (Å²) in [5.41, 5.74) is 1.91. The van der Waals surface area contributed by atoms with E-state index in [1.807, 2.05) is 49.0 Å². The summed E-state index contributed by atoms with van der Waals surface area (Å²) >= 11 is 0. The zero-order valence-corrected chi connectivity index (χ0v) is 18.8. The van der Waals surface area contributed by atoms with Gasteiger partial charge < -0.3 is 15.4 Å². The Balaban J connectivity index is 0.00000300. The molecule has 154 valence electrons. The van der Waals surface area contributed by atoms with Crippen LogP contribution in [0.25, 0.3) is 0 Å². The third kappa shape index (κ3) is 6.45. The van der Waals surface area contributed by atoms with Gasteiger partial charge in [0.25, 0.3) is 0 Å². The number of para-hydroxylation sites is 2. The van der Waals surface area contributed by atoms with Crippen LogP contribution >= 0.6 is 24.0 Å². The highest BCUT2D eigenvalue weighted by molar-refractivity contribution is 14.0. The van der Waals surface area contributed by atoms with Crippen LogP contribution in [0, 0.1) is 5.82 Å². The number of aliphatic imine (C=N–C) groups is 1. The molecule has 0 aliphatic rings. The second-order valence-corrected chi connectivity index (χ2v) is 6.14. The molecule has 0 amide bonds. The zero-order chi connectivity index (χ0) is 19.8. The lowest BCUT2D eigenvalue weighted by Gasteiger charge is -2.13. The van der Waals surface area contributed by atoms with Crippen molar-refractivity contribution < 1.29 is 9.13 Å². The molecule has 0 saturated heterocycles. The van der Waals surface area contributed by atoms with Crippen molar-refractivity contribution in [2.75, 3.05) is 6.54 Å². The van der Waals surface area contributed by atoms with Gasteiger partial charge in [-0.3, -0.25) is 4.68 Å². The average Bonchev–Trinajstić information content (AvgIpc) is 3.11. The van der Waals surface area contributed by atoms with Gasteiger partial charge in [0.15, 0.2) is 17.5 Å². The molecular weight excluding hydrogens is 484 g/mol. The minimum absolute atomic E-state index is 0. The number of nitrogens with zero attached hydrogens (tertiary/aromatic N) is 3. The van der Waals surface area contributed by atoms with Crippen molar-refractivity contribution in [3.05, 3.63) is 77.9 Å². The van der Waals surface area contributed by atoms with Gasteiger partial charge in [-0.2, -0.15) is 5.10 Å². The van der Waals surface area contributed by atoms with Crippen LogP contribution in [-0.4, -0.2) is 22.3 Å². The Bertz CT molecular complexity index is 944. The molecular formula is C21H25FIN5O. The second kappa shape index (κ2) is 11.4. The van der Waals surface area contributed by atoms with E-state index >= 15 is 0 Å². The van der Waals surface area contributed by atoms with Crippen LogP contribution in [0.4, 0.5) is 4.39 Å². The normalized spacial score (nSPS) is 10.9. The van der Waals surface area contributed by atoms with Crippen molar-refractivity contribution >= 4 is 29.9 Å². The van der Waals surface area contributed by atoms with Crippen LogP contribution in [0.15, 0.2) is 65.8 Å². The molecule has 0 aliphatic heterocycles. The molecule has 8 heteroatoms. The second-order valence-electron chi connectivity index (χ2n) is 6.14. The fraction of sp³-hybridized carbons (Fsp3) is 0.238. The fourth-order valence-corrected chi connectivity index (χ4v) is 2.63. The van der Waals surface area contributed by atoms with Gasteiger partial charge in [-0.1, -0.05) is 30.3 Å². The lowest BCUT2D eigenvalue weighted by atomic mass is 10.2. The third-order valence-electron chi connectivity index (χ3n) is 4.14. The standard InChI is InChI=1S/C21H24FN5O.HI/c1-3-23-21(25-15-17-12-13-26-27(17)2)24-14-16-8-4-6-10-19(16)28-20-11-7-5-9-18(20)22;/h4-13H,3,14-15H2,1-2H3,(H2,23,24,25);1H. The van der Waals surface area contributed by atoms with Crippen molar-refractivity contribution in [2.45, 2.75) is 20.0 Å².